The van der Waals surface area contributed by atoms with Crippen LogP contribution >= 0.6 is 11.6 Å². The van der Waals surface area contributed by atoms with Crippen LogP contribution in [-0.2, 0) is 9.59 Å². The Morgan fingerprint density at radius 1 is 1.47 bits per heavy atom. The summed E-state index contributed by atoms with van der Waals surface area (Å²) < 4.78 is 5.14. The fourth-order valence-corrected chi connectivity index (χ4v) is 2.11. The number of rotatable bonds is 6. The van der Waals surface area contributed by atoms with E-state index in [1.54, 1.807) is 32.0 Å². The Kier molecular flexibility index (Phi) is 5.18. The molecule has 0 saturated heterocycles. The highest BCUT2D eigenvalue weighted by atomic mass is 35.5. The lowest BCUT2D eigenvalue weighted by atomic mass is 10.0. The summed E-state index contributed by atoms with van der Waals surface area (Å²) in [6.07, 6.45) is 0.506. The van der Waals surface area contributed by atoms with E-state index in [1.165, 1.54) is 12.0 Å². The normalized spacial score (nSPS) is 12.1. The van der Waals surface area contributed by atoms with Gasteiger partial charge in [-0.2, -0.15) is 0 Å². The van der Waals surface area contributed by atoms with Crippen molar-refractivity contribution in [3.05, 3.63) is 28.8 Å². The van der Waals surface area contributed by atoms with Crippen LogP contribution < -0.4 is 4.74 Å². The number of ether oxygens (including phenoxy) is 1. The van der Waals surface area contributed by atoms with Gasteiger partial charge in [-0.05, 0) is 26.0 Å². The SMILES string of the molecule is COc1cccc(Cl)c1C(C(=O)O)N(C=O)C(C)C. The Morgan fingerprint density at radius 2 is 2.11 bits per heavy atom. The molecule has 0 aliphatic carbocycles. The highest BCUT2D eigenvalue weighted by Gasteiger charge is 2.32. The van der Waals surface area contributed by atoms with Crippen LogP contribution in [0.4, 0.5) is 0 Å². The molecule has 1 rings (SSSR count). The summed E-state index contributed by atoms with van der Waals surface area (Å²) in [6, 6.07) is 3.38. The predicted octanol–water partition coefficient (Wildman–Crippen LogP) is 2.34. The van der Waals surface area contributed by atoms with Crippen molar-refractivity contribution in [1.82, 2.24) is 4.90 Å². The third-order valence-electron chi connectivity index (χ3n) is 2.76. The molecule has 0 spiro atoms. The number of halogens is 1. The number of benzene rings is 1. The number of amides is 1. The first-order chi connectivity index (χ1) is 8.93. The van der Waals surface area contributed by atoms with E-state index in [0.717, 1.165) is 0 Å². The summed E-state index contributed by atoms with van der Waals surface area (Å²) in [5.41, 5.74) is 0.278. The number of hydrogen-bond acceptors (Lipinski definition) is 3. The summed E-state index contributed by atoms with van der Waals surface area (Å²) in [7, 11) is 1.43. The zero-order valence-electron chi connectivity index (χ0n) is 11.0. The molecule has 0 aliphatic rings. The molecule has 19 heavy (non-hydrogen) atoms. The van der Waals surface area contributed by atoms with Crippen molar-refractivity contribution in [1.29, 1.82) is 0 Å². The van der Waals surface area contributed by atoms with E-state index in [2.05, 4.69) is 0 Å². The third kappa shape index (κ3) is 3.17. The van der Waals surface area contributed by atoms with E-state index in [0.29, 0.717) is 12.2 Å². The van der Waals surface area contributed by atoms with Crippen LogP contribution in [0.15, 0.2) is 18.2 Å². The summed E-state index contributed by atoms with van der Waals surface area (Å²) in [5.74, 6) is -0.820. The van der Waals surface area contributed by atoms with E-state index in [4.69, 9.17) is 16.3 Å². The summed E-state index contributed by atoms with van der Waals surface area (Å²) in [5, 5.41) is 9.66. The van der Waals surface area contributed by atoms with E-state index in [-0.39, 0.29) is 16.6 Å². The van der Waals surface area contributed by atoms with Gasteiger partial charge in [0.2, 0.25) is 6.41 Å². The minimum Gasteiger partial charge on any atom is -0.496 e. The Hall–Kier alpha value is -1.75. The molecular weight excluding hydrogens is 270 g/mol. The minimum atomic E-state index is -1.18. The van der Waals surface area contributed by atoms with Gasteiger partial charge in [-0.1, -0.05) is 17.7 Å². The maximum Gasteiger partial charge on any atom is 0.331 e. The Bertz CT molecular complexity index is 476. The fourth-order valence-electron chi connectivity index (χ4n) is 1.84. The van der Waals surface area contributed by atoms with Crippen molar-refractivity contribution >= 4 is 24.0 Å². The number of carboxylic acids is 1. The fraction of sp³-hybridized carbons (Fsp3) is 0.385. The molecule has 0 saturated carbocycles. The first kappa shape index (κ1) is 15.3. The molecule has 1 aromatic rings. The average molecular weight is 286 g/mol. The zero-order valence-corrected chi connectivity index (χ0v) is 11.7. The molecule has 1 unspecified atom stereocenters. The van der Waals surface area contributed by atoms with Crippen LogP contribution in [0.5, 0.6) is 5.75 Å². The van der Waals surface area contributed by atoms with Gasteiger partial charge in [-0.25, -0.2) is 4.79 Å². The van der Waals surface area contributed by atoms with Gasteiger partial charge < -0.3 is 14.7 Å². The van der Waals surface area contributed by atoms with Crippen molar-refractivity contribution in [2.24, 2.45) is 0 Å². The highest BCUT2D eigenvalue weighted by Crippen LogP contribution is 2.35. The largest absolute Gasteiger partial charge is 0.496 e. The highest BCUT2D eigenvalue weighted by molar-refractivity contribution is 6.31. The minimum absolute atomic E-state index is 0.249. The lowest BCUT2D eigenvalue weighted by Gasteiger charge is -2.30. The van der Waals surface area contributed by atoms with E-state index in [9.17, 15) is 14.7 Å². The molecule has 5 nitrogen and oxygen atoms in total. The van der Waals surface area contributed by atoms with E-state index >= 15 is 0 Å². The molecule has 1 amide bonds. The number of aliphatic carboxylic acids is 1. The quantitative estimate of drug-likeness (QED) is 0.815. The Labute approximate surface area is 116 Å². The predicted molar refractivity (Wildman–Crippen MR) is 71.4 cm³/mol. The topological polar surface area (TPSA) is 66.8 Å². The van der Waals surface area contributed by atoms with Crippen LogP contribution in [0, 0.1) is 0 Å². The Morgan fingerprint density at radius 3 is 2.53 bits per heavy atom. The third-order valence-corrected chi connectivity index (χ3v) is 3.09. The molecule has 0 aromatic heterocycles. The number of carbonyl (C=O) groups is 2. The molecule has 0 aliphatic heterocycles. The van der Waals surface area contributed by atoms with Crippen molar-refractivity contribution in [3.8, 4) is 5.75 Å². The summed E-state index contributed by atoms with van der Waals surface area (Å²) in [4.78, 5) is 23.9. The van der Waals surface area contributed by atoms with Crippen LogP contribution in [0.3, 0.4) is 0 Å². The second-order valence-electron chi connectivity index (χ2n) is 4.24. The first-order valence-corrected chi connectivity index (χ1v) is 6.09. The lowest BCUT2D eigenvalue weighted by Crippen LogP contribution is -2.38. The molecule has 6 heteroatoms. The lowest BCUT2D eigenvalue weighted by molar-refractivity contribution is -0.148. The molecule has 0 radical (unpaired) electrons. The second kappa shape index (κ2) is 6.43. The Balaban J connectivity index is 3.42. The number of carbonyl (C=O) groups excluding carboxylic acids is 1. The van der Waals surface area contributed by atoms with Gasteiger partial charge in [0.05, 0.1) is 12.1 Å². The maximum absolute atomic E-state index is 11.5. The smallest absolute Gasteiger partial charge is 0.331 e. The summed E-state index contributed by atoms with van der Waals surface area (Å²) >= 11 is 6.07. The molecule has 0 bridgehead atoms. The number of nitrogens with zero attached hydrogens (tertiary/aromatic N) is 1. The van der Waals surface area contributed by atoms with Gasteiger partial charge in [0.25, 0.3) is 0 Å². The maximum atomic E-state index is 11.5. The van der Waals surface area contributed by atoms with Crippen LogP contribution in [0.25, 0.3) is 0 Å². The molecule has 1 N–H and O–H groups in total. The van der Waals surface area contributed by atoms with Gasteiger partial charge >= 0.3 is 5.97 Å². The van der Waals surface area contributed by atoms with Crippen LogP contribution in [-0.4, -0.2) is 35.5 Å². The van der Waals surface area contributed by atoms with Crippen LogP contribution in [0.2, 0.25) is 5.02 Å². The monoisotopic (exact) mass is 285 g/mol. The van der Waals surface area contributed by atoms with Crippen LogP contribution in [0.1, 0.15) is 25.5 Å². The van der Waals surface area contributed by atoms with Crippen molar-refractivity contribution in [2.45, 2.75) is 25.9 Å². The van der Waals surface area contributed by atoms with Gasteiger partial charge in [0.1, 0.15) is 5.75 Å². The van der Waals surface area contributed by atoms with Gasteiger partial charge in [-0.3, -0.25) is 4.79 Å². The van der Waals surface area contributed by atoms with Crippen molar-refractivity contribution < 1.29 is 19.4 Å². The molecular formula is C13H16ClNO4. The van der Waals surface area contributed by atoms with Crippen molar-refractivity contribution in [3.63, 3.8) is 0 Å². The van der Waals surface area contributed by atoms with E-state index in [1.807, 2.05) is 0 Å². The molecule has 1 atom stereocenters. The van der Waals surface area contributed by atoms with Crippen molar-refractivity contribution in [2.75, 3.05) is 7.11 Å². The van der Waals surface area contributed by atoms with Gasteiger partial charge in [-0.15, -0.1) is 0 Å². The zero-order chi connectivity index (χ0) is 14.6. The molecule has 1 aromatic carbocycles. The average Bonchev–Trinajstić information content (AvgIpc) is 2.35. The number of methoxy groups -OCH3 is 1. The molecule has 0 heterocycles. The second-order valence-corrected chi connectivity index (χ2v) is 4.65. The van der Waals surface area contributed by atoms with Gasteiger partial charge in [0.15, 0.2) is 6.04 Å². The molecule has 104 valence electrons. The standard InChI is InChI=1S/C13H16ClNO4/c1-8(2)15(7-16)12(13(17)18)11-9(14)5-4-6-10(11)19-3/h4-8,12H,1-3H3,(H,17,18). The number of carboxylic acid groups (broad SMARTS) is 1. The van der Waals surface area contributed by atoms with Gasteiger partial charge in [0, 0.05) is 11.6 Å². The number of hydrogen-bond donors (Lipinski definition) is 1. The molecule has 0 fully saturated rings. The first-order valence-electron chi connectivity index (χ1n) is 5.72. The summed E-state index contributed by atoms with van der Waals surface area (Å²) in [6.45, 7) is 3.46. The van der Waals surface area contributed by atoms with E-state index < -0.39 is 12.0 Å².